The first kappa shape index (κ1) is 11.0. The molecule has 0 aliphatic rings. The molecule has 0 aliphatic heterocycles. The number of phenols is 1. The summed E-state index contributed by atoms with van der Waals surface area (Å²) in [6.45, 7) is 0.687. The maximum Gasteiger partial charge on any atom is 0.115 e. The van der Waals surface area contributed by atoms with Gasteiger partial charge in [-0.1, -0.05) is 12.1 Å². The number of hydrogen-bond acceptors (Lipinski definition) is 3. The third kappa shape index (κ3) is 2.99. The first-order valence-electron chi connectivity index (χ1n) is 5.30. The Kier molecular flexibility index (Phi) is 3.27. The molecule has 0 fully saturated rings. The molecule has 2 aromatic carbocycles. The van der Waals surface area contributed by atoms with Crippen molar-refractivity contribution in [1.29, 1.82) is 5.26 Å². The quantitative estimate of drug-likeness (QED) is 0.842. The van der Waals surface area contributed by atoms with Gasteiger partial charge in [0.1, 0.15) is 5.75 Å². The Labute approximate surface area is 100.0 Å². The minimum absolute atomic E-state index is 0.270. The van der Waals surface area contributed by atoms with Gasteiger partial charge in [0.05, 0.1) is 11.6 Å². The molecular formula is C14H12N2O. The molecule has 2 N–H and O–H groups in total. The largest absolute Gasteiger partial charge is 0.508 e. The Hall–Kier alpha value is -2.47. The Morgan fingerprint density at radius 2 is 1.65 bits per heavy atom. The van der Waals surface area contributed by atoms with Gasteiger partial charge in [-0.2, -0.15) is 5.26 Å². The lowest BCUT2D eigenvalue weighted by Crippen LogP contribution is -1.98. The van der Waals surface area contributed by atoms with Crippen molar-refractivity contribution in [1.82, 2.24) is 0 Å². The second-order valence-electron chi connectivity index (χ2n) is 3.71. The molecule has 0 aliphatic carbocycles. The first-order valence-corrected chi connectivity index (χ1v) is 5.30. The van der Waals surface area contributed by atoms with Crippen LogP contribution in [0.1, 0.15) is 11.1 Å². The number of hydrogen-bond donors (Lipinski definition) is 2. The van der Waals surface area contributed by atoms with Gasteiger partial charge in [-0.05, 0) is 42.0 Å². The highest BCUT2D eigenvalue weighted by atomic mass is 16.3. The maximum atomic E-state index is 9.15. The monoisotopic (exact) mass is 224 g/mol. The average molecular weight is 224 g/mol. The highest BCUT2D eigenvalue weighted by Crippen LogP contribution is 2.13. The van der Waals surface area contributed by atoms with Crippen molar-refractivity contribution in [2.45, 2.75) is 6.54 Å². The van der Waals surface area contributed by atoms with Gasteiger partial charge >= 0.3 is 0 Å². The minimum Gasteiger partial charge on any atom is -0.508 e. The van der Waals surface area contributed by atoms with E-state index in [4.69, 9.17) is 10.4 Å². The maximum absolute atomic E-state index is 9.15. The van der Waals surface area contributed by atoms with Crippen molar-refractivity contribution in [3.05, 3.63) is 59.7 Å². The van der Waals surface area contributed by atoms with E-state index in [1.54, 1.807) is 24.3 Å². The SMILES string of the molecule is N#Cc1ccc(NCc2ccc(O)cc2)cc1. The van der Waals surface area contributed by atoms with Crippen LogP contribution in [-0.4, -0.2) is 5.11 Å². The molecule has 0 amide bonds. The molecule has 0 aromatic heterocycles. The van der Waals surface area contributed by atoms with Gasteiger partial charge in [-0.15, -0.1) is 0 Å². The lowest BCUT2D eigenvalue weighted by Gasteiger charge is -2.06. The van der Waals surface area contributed by atoms with Crippen LogP contribution >= 0.6 is 0 Å². The summed E-state index contributed by atoms with van der Waals surface area (Å²) < 4.78 is 0. The molecule has 2 aromatic rings. The van der Waals surface area contributed by atoms with Gasteiger partial charge in [0.2, 0.25) is 0 Å². The fraction of sp³-hybridized carbons (Fsp3) is 0.0714. The van der Waals surface area contributed by atoms with E-state index < -0.39 is 0 Å². The summed E-state index contributed by atoms with van der Waals surface area (Å²) in [5, 5.41) is 21.1. The molecule has 84 valence electrons. The van der Waals surface area contributed by atoms with Crippen molar-refractivity contribution >= 4 is 5.69 Å². The highest BCUT2D eigenvalue weighted by molar-refractivity contribution is 5.47. The van der Waals surface area contributed by atoms with E-state index in [1.807, 2.05) is 24.3 Å². The molecule has 0 saturated carbocycles. The lowest BCUT2D eigenvalue weighted by molar-refractivity contribution is 0.475. The molecule has 0 saturated heterocycles. The van der Waals surface area contributed by atoms with Gasteiger partial charge in [-0.25, -0.2) is 0 Å². The number of nitriles is 1. The van der Waals surface area contributed by atoms with E-state index >= 15 is 0 Å². The van der Waals surface area contributed by atoms with Crippen LogP contribution in [0.15, 0.2) is 48.5 Å². The molecular weight excluding hydrogens is 212 g/mol. The summed E-state index contributed by atoms with van der Waals surface area (Å²) in [5.74, 6) is 0.270. The second kappa shape index (κ2) is 5.04. The zero-order chi connectivity index (χ0) is 12.1. The number of anilines is 1. The van der Waals surface area contributed by atoms with E-state index in [0.29, 0.717) is 12.1 Å². The number of nitrogens with zero attached hydrogens (tertiary/aromatic N) is 1. The number of phenolic OH excluding ortho intramolecular Hbond substituents is 1. The molecule has 0 atom stereocenters. The predicted octanol–water partition coefficient (Wildman–Crippen LogP) is 2.88. The molecule has 0 heterocycles. The van der Waals surface area contributed by atoms with E-state index in [2.05, 4.69) is 11.4 Å². The third-order valence-electron chi connectivity index (χ3n) is 2.45. The van der Waals surface area contributed by atoms with Crippen LogP contribution in [0.3, 0.4) is 0 Å². The summed E-state index contributed by atoms with van der Waals surface area (Å²) in [5.41, 5.74) is 2.71. The number of rotatable bonds is 3. The summed E-state index contributed by atoms with van der Waals surface area (Å²) in [6, 6.07) is 16.4. The van der Waals surface area contributed by atoms with E-state index in [0.717, 1.165) is 11.3 Å². The summed E-state index contributed by atoms with van der Waals surface area (Å²) in [7, 11) is 0. The van der Waals surface area contributed by atoms with Gasteiger partial charge < -0.3 is 10.4 Å². The Balaban J connectivity index is 1.98. The predicted molar refractivity (Wildman–Crippen MR) is 66.6 cm³/mol. The molecule has 3 heteroatoms. The molecule has 0 bridgehead atoms. The molecule has 0 spiro atoms. The van der Waals surface area contributed by atoms with Crippen LogP contribution in [0, 0.1) is 11.3 Å². The normalized spacial score (nSPS) is 9.59. The van der Waals surface area contributed by atoms with Crippen LogP contribution in [0.25, 0.3) is 0 Å². The van der Waals surface area contributed by atoms with Crippen molar-refractivity contribution < 1.29 is 5.11 Å². The molecule has 0 radical (unpaired) electrons. The van der Waals surface area contributed by atoms with Gasteiger partial charge in [0, 0.05) is 12.2 Å². The lowest BCUT2D eigenvalue weighted by atomic mass is 10.2. The zero-order valence-corrected chi connectivity index (χ0v) is 9.22. The van der Waals surface area contributed by atoms with Crippen LogP contribution in [0.5, 0.6) is 5.75 Å². The zero-order valence-electron chi connectivity index (χ0n) is 9.22. The standard InChI is InChI=1S/C14H12N2O/c15-9-11-1-5-13(6-2-11)16-10-12-3-7-14(17)8-4-12/h1-8,16-17H,10H2. The van der Waals surface area contributed by atoms with Crippen molar-refractivity contribution in [2.75, 3.05) is 5.32 Å². The van der Waals surface area contributed by atoms with E-state index in [9.17, 15) is 0 Å². The highest BCUT2D eigenvalue weighted by Gasteiger charge is 1.95. The van der Waals surface area contributed by atoms with E-state index in [1.165, 1.54) is 0 Å². The van der Waals surface area contributed by atoms with Crippen LogP contribution in [-0.2, 0) is 6.54 Å². The summed E-state index contributed by atoms with van der Waals surface area (Å²) >= 11 is 0. The van der Waals surface area contributed by atoms with E-state index in [-0.39, 0.29) is 5.75 Å². The van der Waals surface area contributed by atoms with Gasteiger partial charge in [0.25, 0.3) is 0 Å². The number of aromatic hydroxyl groups is 1. The number of benzene rings is 2. The smallest absolute Gasteiger partial charge is 0.115 e. The second-order valence-corrected chi connectivity index (χ2v) is 3.71. The average Bonchev–Trinajstić information content (AvgIpc) is 2.39. The van der Waals surface area contributed by atoms with Crippen LogP contribution in [0.2, 0.25) is 0 Å². The minimum atomic E-state index is 0.270. The Bertz CT molecular complexity index is 524. The fourth-order valence-electron chi connectivity index (χ4n) is 1.48. The van der Waals surface area contributed by atoms with Crippen molar-refractivity contribution in [3.63, 3.8) is 0 Å². The first-order chi connectivity index (χ1) is 8.28. The Morgan fingerprint density at radius 1 is 1.00 bits per heavy atom. The third-order valence-corrected chi connectivity index (χ3v) is 2.45. The molecule has 2 rings (SSSR count). The van der Waals surface area contributed by atoms with Crippen molar-refractivity contribution in [3.8, 4) is 11.8 Å². The summed E-state index contributed by atoms with van der Waals surface area (Å²) in [4.78, 5) is 0. The number of nitrogens with one attached hydrogen (secondary N) is 1. The molecule has 0 unspecified atom stereocenters. The van der Waals surface area contributed by atoms with Gasteiger partial charge in [0.15, 0.2) is 0 Å². The fourth-order valence-corrected chi connectivity index (χ4v) is 1.48. The molecule has 17 heavy (non-hydrogen) atoms. The summed E-state index contributed by atoms with van der Waals surface area (Å²) in [6.07, 6.45) is 0. The topological polar surface area (TPSA) is 56.0 Å². The van der Waals surface area contributed by atoms with Crippen LogP contribution < -0.4 is 5.32 Å². The van der Waals surface area contributed by atoms with Crippen LogP contribution in [0.4, 0.5) is 5.69 Å². The van der Waals surface area contributed by atoms with Crippen molar-refractivity contribution in [2.24, 2.45) is 0 Å². The molecule has 3 nitrogen and oxygen atoms in total. The Morgan fingerprint density at radius 3 is 2.24 bits per heavy atom. The van der Waals surface area contributed by atoms with Gasteiger partial charge in [-0.3, -0.25) is 0 Å².